The third kappa shape index (κ3) is 4.27. The fourth-order valence-corrected chi connectivity index (χ4v) is 1.72. The molecule has 2 rings (SSSR count). The minimum absolute atomic E-state index is 0.134. The largest absolute Gasteiger partial charge is 0.325 e. The normalized spacial score (nSPS) is 11.2. The maximum Gasteiger partial charge on any atom is 0.325 e. The van der Waals surface area contributed by atoms with Gasteiger partial charge in [-0.2, -0.15) is 5.10 Å². The van der Waals surface area contributed by atoms with Gasteiger partial charge in [0, 0.05) is 11.8 Å². The number of hydrogen-bond donors (Lipinski definition) is 3. The molecule has 0 atom stereocenters. The number of carbonyl (C=O) groups excluding carboxylic acids is 1. The van der Waals surface area contributed by atoms with Crippen LogP contribution in [0.4, 0.5) is 0 Å². The van der Waals surface area contributed by atoms with Gasteiger partial charge in [-0.05, 0) is 12.5 Å². The van der Waals surface area contributed by atoms with Crippen molar-refractivity contribution in [3.8, 4) is 0 Å². The molecule has 1 heterocycles. The Bertz CT molecular complexity index is 746. The molecule has 0 bridgehead atoms. The minimum Gasteiger partial charge on any atom is -0.311 e. The number of benzene rings is 1. The summed E-state index contributed by atoms with van der Waals surface area (Å²) >= 11 is 0. The van der Waals surface area contributed by atoms with Crippen molar-refractivity contribution >= 4 is 11.6 Å². The number of aromatic nitrogens is 2. The zero-order valence-corrected chi connectivity index (χ0v) is 11.3. The number of aromatic amines is 2. The number of nitrogens with one attached hydrogen (secondary N) is 3. The molecule has 7 nitrogen and oxygen atoms in total. The van der Waals surface area contributed by atoms with Crippen molar-refractivity contribution in [2.75, 3.05) is 0 Å². The van der Waals surface area contributed by atoms with Crippen LogP contribution in [0.3, 0.4) is 0 Å². The molecule has 0 aliphatic carbocycles. The van der Waals surface area contributed by atoms with E-state index in [0.717, 1.165) is 11.6 Å². The molecule has 1 amide bonds. The van der Waals surface area contributed by atoms with Gasteiger partial charge in [0.25, 0.3) is 5.56 Å². The molecule has 0 saturated carbocycles. The molecular formula is C14H14N4O3. The van der Waals surface area contributed by atoms with E-state index in [1.807, 2.05) is 35.3 Å². The molecule has 0 saturated heterocycles. The van der Waals surface area contributed by atoms with E-state index in [9.17, 15) is 14.4 Å². The van der Waals surface area contributed by atoms with Gasteiger partial charge in [0.1, 0.15) is 0 Å². The van der Waals surface area contributed by atoms with Gasteiger partial charge in [-0.1, -0.05) is 30.3 Å². The predicted octanol–water partition coefficient (Wildman–Crippen LogP) is 0.146. The summed E-state index contributed by atoms with van der Waals surface area (Å²) in [7, 11) is 0. The molecule has 108 valence electrons. The highest BCUT2D eigenvalue weighted by Gasteiger charge is 2.05. The molecule has 7 heteroatoms. The molecule has 1 aromatic heterocycles. The number of amides is 1. The number of hydrogen-bond acceptors (Lipinski definition) is 4. The fraction of sp³-hybridized carbons (Fsp3) is 0.143. The molecule has 0 aliphatic rings. The van der Waals surface area contributed by atoms with Crippen molar-refractivity contribution in [2.45, 2.75) is 13.3 Å². The van der Waals surface area contributed by atoms with Gasteiger partial charge < -0.3 is 4.98 Å². The third-order valence-corrected chi connectivity index (χ3v) is 2.71. The van der Waals surface area contributed by atoms with Crippen LogP contribution in [-0.4, -0.2) is 21.6 Å². The lowest BCUT2D eigenvalue weighted by atomic mass is 10.1. The van der Waals surface area contributed by atoms with E-state index < -0.39 is 17.2 Å². The smallest absolute Gasteiger partial charge is 0.311 e. The third-order valence-electron chi connectivity index (χ3n) is 2.71. The van der Waals surface area contributed by atoms with Crippen molar-refractivity contribution < 1.29 is 4.79 Å². The van der Waals surface area contributed by atoms with Gasteiger partial charge in [0.2, 0.25) is 5.91 Å². The Morgan fingerprint density at radius 1 is 1.19 bits per heavy atom. The lowest BCUT2D eigenvalue weighted by Crippen LogP contribution is -2.27. The summed E-state index contributed by atoms with van der Waals surface area (Å²) in [5.41, 5.74) is 2.97. The monoisotopic (exact) mass is 286 g/mol. The summed E-state index contributed by atoms with van der Waals surface area (Å²) in [4.78, 5) is 38.3. The van der Waals surface area contributed by atoms with Crippen LogP contribution in [0.2, 0.25) is 0 Å². The van der Waals surface area contributed by atoms with Gasteiger partial charge in [0.05, 0.1) is 12.1 Å². The molecule has 0 spiro atoms. The SMILES string of the molecule is C/C(=N/NC(=O)Cc1cc(=O)[nH]c(=O)[nH]1)c1ccccc1. The van der Waals surface area contributed by atoms with Gasteiger partial charge in [-0.25, -0.2) is 10.2 Å². The lowest BCUT2D eigenvalue weighted by Gasteiger charge is -2.03. The second-order valence-electron chi connectivity index (χ2n) is 4.39. The van der Waals surface area contributed by atoms with E-state index >= 15 is 0 Å². The predicted molar refractivity (Wildman–Crippen MR) is 78.2 cm³/mol. The van der Waals surface area contributed by atoms with Crippen LogP contribution >= 0.6 is 0 Å². The summed E-state index contributed by atoms with van der Waals surface area (Å²) in [6.45, 7) is 1.77. The van der Waals surface area contributed by atoms with E-state index in [-0.39, 0.29) is 12.1 Å². The summed E-state index contributed by atoms with van der Waals surface area (Å²) in [5.74, 6) is -0.425. The average molecular weight is 286 g/mol. The maximum absolute atomic E-state index is 11.7. The number of rotatable bonds is 4. The second-order valence-corrected chi connectivity index (χ2v) is 4.39. The number of nitrogens with zero attached hydrogens (tertiary/aromatic N) is 1. The van der Waals surface area contributed by atoms with Crippen LogP contribution in [-0.2, 0) is 11.2 Å². The molecular weight excluding hydrogens is 272 g/mol. The quantitative estimate of drug-likeness (QED) is 0.550. The highest BCUT2D eigenvalue weighted by molar-refractivity contribution is 5.99. The Hall–Kier alpha value is -2.96. The molecule has 3 N–H and O–H groups in total. The Labute approximate surface area is 119 Å². The maximum atomic E-state index is 11.7. The number of hydrazone groups is 1. The number of H-pyrrole nitrogens is 2. The Balaban J connectivity index is 2.02. The molecule has 0 radical (unpaired) electrons. The van der Waals surface area contributed by atoms with Crippen molar-refractivity contribution in [3.63, 3.8) is 0 Å². The van der Waals surface area contributed by atoms with E-state index in [4.69, 9.17) is 0 Å². The highest BCUT2D eigenvalue weighted by Crippen LogP contribution is 1.99. The molecule has 2 aromatic rings. The Morgan fingerprint density at radius 3 is 2.57 bits per heavy atom. The number of carbonyl (C=O) groups is 1. The van der Waals surface area contributed by atoms with Crippen molar-refractivity contribution in [1.29, 1.82) is 0 Å². The average Bonchev–Trinajstić information content (AvgIpc) is 2.44. The van der Waals surface area contributed by atoms with Crippen LogP contribution in [0, 0.1) is 0 Å². The first-order valence-electron chi connectivity index (χ1n) is 6.25. The van der Waals surface area contributed by atoms with E-state index in [1.165, 1.54) is 0 Å². The molecule has 0 aliphatic heterocycles. The Morgan fingerprint density at radius 2 is 1.90 bits per heavy atom. The van der Waals surface area contributed by atoms with E-state index in [1.54, 1.807) is 6.92 Å². The minimum atomic E-state index is -0.644. The highest BCUT2D eigenvalue weighted by atomic mass is 16.2. The second kappa shape index (κ2) is 6.47. The van der Waals surface area contributed by atoms with Crippen LogP contribution in [0.1, 0.15) is 18.2 Å². The summed E-state index contributed by atoms with van der Waals surface area (Å²) in [6, 6.07) is 10.5. The van der Waals surface area contributed by atoms with Gasteiger partial charge in [0.15, 0.2) is 0 Å². The molecule has 0 unspecified atom stereocenters. The molecule has 1 aromatic carbocycles. The Kier molecular flexibility index (Phi) is 4.45. The fourth-order valence-electron chi connectivity index (χ4n) is 1.72. The zero-order chi connectivity index (χ0) is 15.2. The van der Waals surface area contributed by atoms with Crippen LogP contribution in [0.15, 0.2) is 51.1 Å². The van der Waals surface area contributed by atoms with Crippen molar-refractivity contribution in [3.05, 3.63) is 68.5 Å². The van der Waals surface area contributed by atoms with Crippen LogP contribution in [0.5, 0.6) is 0 Å². The first-order chi connectivity index (χ1) is 10.0. The summed E-state index contributed by atoms with van der Waals surface area (Å²) in [6.07, 6.45) is -0.134. The van der Waals surface area contributed by atoms with Crippen LogP contribution in [0.25, 0.3) is 0 Å². The van der Waals surface area contributed by atoms with Crippen molar-refractivity contribution in [1.82, 2.24) is 15.4 Å². The summed E-state index contributed by atoms with van der Waals surface area (Å²) in [5, 5.41) is 3.97. The zero-order valence-electron chi connectivity index (χ0n) is 11.3. The van der Waals surface area contributed by atoms with Gasteiger partial charge >= 0.3 is 5.69 Å². The summed E-state index contributed by atoms with van der Waals surface area (Å²) < 4.78 is 0. The molecule has 0 fully saturated rings. The topological polar surface area (TPSA) is 107 Å². The first-order valence-corrected chi connectivity index (χ1v) is 6.25. The molecule has 21 heavy (non-hydrogen) atoms. The van der Waals surface area contributed by atoms with Gasteiger partial charge in [-0.15, -0.1) is 0 Å². The standard InChI is InChI=1S/C14H14N4O3/c1-9(10-5-3-2-4-6-10)17-18-13(20)8-11-7-12(19)16-14(21)15-11/h2-7H,8H2,1H3,(H,18,20)(H2,15,16,19,21)/b17-9-. The van der Waals surface area contributed by atoms with Crippen molar-refractivity contribution in [2.24, 2.45) is 5.10 Å². The van der Waals surface area contributed by atoms with Gasteiger partial charge in [-0.3, -0.25) is 14.6 Å². The van der Waals surface area contributed by atoms with E-state index in [2.05, 4.69) is 15.5 Å². The first kappa shape index (κ1) is 14.4. The van der Waals surface area contributed by atoms with E-state index in [0.29, 0.717) is 5.71 Å². The lowest BCUT2D eigenvalue weighted by molar-refractivity contribution is -0.120. The van der Waals surface area contributed by atoms with Crippen LogP contribution < -0.4 is 16.7 Å².